The largest absolute Gasteiger partial charge is 0.431 e. The van der Waals surface area contributed by atoms with E-state index in [2.05, 4.69) is 0 Å². The zero-order chi connectivity index (χ0) is 8.98. The second kappa shape index (κ2) is 1.91. The first-order chi connectivity index (χ1) is 5.44. The van der Waals surface area contributed by atoms with E-state index < -0.39 is 11.4 Å². The number of carbonyl (C=O) groups is 1. The molecule has 2 aliphatic rings. The summed E-state index contributed by atoms with van der Waals surface area (Å²) in [5, 5.41) is 0. The molecule has 0 radical (unpaired) electrons. The molecule has 1 fully saturated rings. The molecule has 0 spiro atoms. The molecule has 2 heterocycles. The van der Waals surface area contributed by atoms with Crippen molar-refractivity contribution in [3.05, 3.63) is 11.6 Å². The van der Waals surface area contributed by atoms with Gasteiger partial charge in [0.05, 0.1) is 0 Å². The topological polar surface area (TPSA) is 35.5 Å². The molecule has 0 saturated carbocycles. The van der Waals surface area contributed by atoms with Crippen LogP contribution in [0.4, 0.5) is 0 Å². The molecule has 2 rings (SSSR count). The highest BCUT2D eigenvalue weighted by atomic mass is 16.8. The Hall–Kier alpha value is -0.830. The maximum atomic E-state index is 11.3. The predicted octanol–water partition coefficient (Wildman–Crippen LogP) is 1.38. The second-order valence-corrected chi connectivity index (χ2v) is 3.90. The minimum Gasteiger partial charge on any atom is -0.431 e. The van der Waals surface area contributed by atoms with Crippen LogP contribution in [-0.4, -0.2) is 17.4 Å². The second-order valence-electron chi connectivity index (χ2n) is 3.90. The number of ether oxygens (including phenoxy) is 2. The zero-order valence-corrected chi connectivity index (χ0v) is 7.51. The molecule has 0 N–H and O–H groups in total. The molecule has 0 amide bonds. The van der Waals surface area contributed by atoms with Crippen LogP contribution in [0.2, 0.25) is 0 Å². The first-order valence-corrected chi connectivity index (χ1v) is 4.06. The Labute approximate surface area is 71.3 Å². The fraction of sp³-hybridized carbons (Fsp3) is 0.667. The van der Waals surface area contributed by atoms with Crippen molar-refractivity contribution < 1.29 is 14.3 Å². The van der Waals surface area contributed by atoms with Crippen molar-refractivity contribution >= 4 is 5.97 Å². The summed E-state index contributed by atoms with van der Waals surface area (Å²) in [4.78, 5) is 11.3. The van der Waals surface area contributed by atoms with Gasteiger partial charge in [0, 0.05) is 13.3 Å². The van der Waals surface area contributed by atoms with Crippen LogP contribution in [0.1, 0.15) is 27.2 Å². The molecule has 0 aromatic carbocycles. The van der Waals surface area contributed by atoms with Crippen molar-refractivity contribution in [3.63, 3.8) is 0 Å². The van der Waals surface area contributed by atoms with Gasteiger partial charge >= 0.3 is 5.97 Å². The van der Waals surface area contributed by atoms with Crippen LogP contribution >= 0.6 is 0 Å². The summed E-state index contributed by atoms with van der Waals surface area (Å²) < 4.78 is 10.6. The van der Waals surface area contributed by atoms with E-state index >= 15 is 0 Å². The number of hydrogen-bond acceptors (Lipinski definition) is 3. The SMILES string of the molecule is CC1=CC2(C)OC(C)(C1)OC2=O. The zero-order valence-electron chi connectivity index (χ0n) is 7.51. The Morgan fingerprint density at radius 1 is 1.50 bits per heavy atom. The molecule has 66 valence electrons. The predicted molar refractivity (Wildman–Crippen MR) is 42.4 cm³/mol. The monoisotopic (exact) mass is 168 g/mol. The van der Waals surface area contributed by atoms with E-state index in [9.17, 15) is 4.79 Å². The number of rotatable bonds is 0. The Balaban J connectivity index is 2.47. The lowest BCUT2D eigenvalue weighted by Gasteiger charge is -2.28. The minimum absolute atomic E-state index is 0.276. The van der Waals surface area contributed by atoms with Gasteiger partial charge in [0.2, 0.25) is 5.79 Å². The maximum absolute atomic E-state index is 11.3. The van der Waals surface area contributed by atoms with E-state index in [4.69, 9.17) is 9.47 Å². The van der Waals surface area contributed by atoms with Crippen LogP contribution in [0, 0.1) is 0 Å². The minimum atomic E-state index is -0.836. The lowest BCUT2D eigenvalue weighted by atomic mass is 9.97. The molecule has 1 saturated heterocycles. The van der Waals surface area contributed by atoms with E-state index in [1.54, 1.807) is 13.8 Å². The van der Waals surface area contributed by atoms with Gasteiger partial charge in [-0.25, -0.2) is 4.79 Å². The van der Waals surface area contributed by atoms with Gasteiger partial charge in [0.1, 0.15) is 0 Å². The van der Waals surface area contributed by atoms with Crippen molar-refractivity contribution in [3.8, 4) is 0 Å². The Bertz CT molecular complexity index is 281. The third-order valence-corrected chi connectivity index (χ3v) is 2.26. The van der Waals surface area contributed by atoms with Crippen LogP contribution in [0.25, 0.3) is 0 Å². The molecule has 0 aliphatic carbocycles. The fourth-order valence-corrected chi connectivity index (χ4v) is 2.00. The van der Waals surface area contributed by atoms with Crippen LogP contribution in [0.3, 0.4) is 0 Å². The number of esters is 1. The van der Waals surface area contributed by atoms with E-state index in [0.29, 0.717) is 6.42 Å². The molecule has 2 bridgehead atoms. The van der Waals surface area contributed by atoms with Crippen molar-refractivity contribution in [2.45, 2.75) is 38.6 Å². The quantitative estimate of drug-likeness (QED) is 0.405. The normalized spacial score (nSPS) is 45.6. The van der Waals surface area contributed by atoms with Crippen molar-refractivity contribution in [2.75, 3.05) is 0 Å². The summed E-state index contributed by atoms with van der Waals surface area (Å²) in [5.74, 6) is -0.994. The Kier molecular flexibility index (Phi) is 1.24. The first kappa shape index (κ1) is 7.80. The molecule has 3 heteroatoms. The molecule has 3 nitrogen and oxygen atoms in total. The van der Waals surface area contributed by atoms with Gasteiger partial charge < -0.3 is 9.47 Å². The smallest absolute Gasteiger partial charge is 0.344 e. The molecule has 2 unspecified atom stereocenters. The average Bonchev–Trinajstić information content (AvgIpc) is 1.96. The Morgan fingerprint density at radius 3 is 2.75 bits per heavy atom. The summed E-state index contributed by atoms with van der Waals surface area (Å²) in [7, 11) is 0. The molecule has 0 aromatic rings. The third-order valence-electron chi connectivity index (χ3n) is 2.26. The van der Waals surface area contributed by atoms with Crippen molar-refractivity contribution in [1.29, 1.82) is 0 Å². The van der Waals surface area contributed by atoms with E-state index in [-0.39, 0.29) is 5.97 Å². The summed E-state index contributed by atoms with van der Waals surface area (Å²) >= 11 is 0. The average molecular weight is 168 g/mol. The first-order valence-electron chi connectivity index (χ1n) is 4.06. The van der Waals surface area contributed by atoms with Crippen molar-refractivity contribution in [2.24, 2.45) is 0 Å². The molecule has 0 aromatic heterocycles. The summed E-state index contributed by atoms with van der Waals surface area (Å²) in [6.07, 6.45) is 2.51. The molecule has 2 atom stereocenters. The lowest BCUT2D eigenvalue weighted by Crippen LogP contribution is -2.36. The van der Waals surface area contributed by atoms with Crippen LogP contribution < -0.4 is 0 Å². The van der Waals surface area contributed by atoms with E-state index in [1.165, 1.54) is 0 Å². The highest BCUT2D eigenvalue weighted by molar-refractivity contribution is 5.84. The van der Waals surface area contributed by atoms with Gasteiger partial charge in [0.25, 0.3) is 0 Å². The number of fused-ring (bicyclic) bond motifs is 2. The Morgan fingerprint density at radius 2 is 2.17 bits per heavy atom. The number of hydrogen-bond donors (Lipinski definition) is 0. The summed E-state index contributed by atoms with van der Waals surface area (Å²) in [6.45, 7) is 5.52. The van der Waals surface area contributed by atoms with Crippen LogP contribution in [0.5, 0.6) is 0 Å². The van der Waals surface area contributed by atoms with Gasteiger partial charge in [0.15, 0.2) is 5.60 Å². The van der Waals surface area contributed by atoms with Crippen LogP contribution in [-0.2, 0) is 14.3 Å². The van der Waals surface area contributed by atoms with Gasteiger partial charge in [-0.05, 0) is 19.9 Å². The van der Waals surface area contributed by atoms with Crippen molar-refractivity contribution in [1.82, 2.24) is 0 Å². The van der Waals surface area contributed by atoms with Crippen LogP contribution in [0.15, 0.2) is 11.6 Å². The lowest BCUT2D eigenvalue weighted by molar-refractivity contribution is -0.174. The van der Waals surface area contributed by atoms with Gasteiger partial charge in [-0.3, -0.25) is 0 Å². The maximum Gasteiger partial charge on any atom is 0.344 e. The molecule has 12 heavy (non-hydrogen) atoms. The van der Waals surface area contributed by atoms with E-state index in [0.717, 1.165) is 5.57 Å². The highest BCUT2D eigenvalue weighted by Crippen LogP contribution is 2.42. The van der Waals surface area contributed by atoms with E-state index in [1.807, 2.05) is 13.0 Å². The molecular weight excluding hydrogens is 156 g/mol. The third kappa shape index (κ3) is 0.894. The summed E-state index contributed by atoms with van der Waals surface area (Å²) in [5.41, 5.74) is 0.314. The molecule has 2 aliphatic heterocycles. The highest BCUT2D eigenvalue weighted by Gasteiger charge is 2.54. The number of carbonyl (C=O) groups excluding carboxylic acids is 1. The van der Waals surface area contributed by atoms with Gasteiger partial charge in [-0.15, -0.1) is 0 Å². The standard InChI is InChI=1S/C9H12O3/c1-6-4-8(2)7(10)11-9(3,5-6)12-8/h4H,5H2,1-3H3. The molecular formula is C9H12O3. The summed E-state index contributed by atoms with van der Waals surface area (Å²) in [6, 6.07) is 0. The fourth-order valence-electron chi connectivity index (χ4n) is 2.00. The van der Waals surface area contributed by atoms with Gasteiger partial charge in [-0.2, -0.15) is 0 Å². The van der Waals surface area contributed by atoms with Gasteiger partial charge in [-0.1, -0.05) is 5.57 Å².